The van der Waals surface area contributed by atoms with Gasteiger partial charge < -0.3 is 14.8 Å². The molecule has 1 N–H and O–H groups in total. The molecule has 12 heavy (non-hydrogen) atoms. The highest BCUT2D eigenvalue weighted by molar-refractivity contribution is 5.85. The highest BCUT2D eigenvalue weighted by atomic mass is 35.5. The molecule has 5 heteroatoms. The van der Waals surface area contributed by atoms with E-state index in [-0.39, 0.29) is 24.4 Å². The highest BCUT2D eigenvalue weighted by Crippen LogP contribution is 1.95. The summed E-state index contributed by atoms with van der Waals surface area (Å²) in [5.41, 5.74) is 0. The van der Waals surface area contributed by atoms with Gasteiger partial charge in [0.15, 0.2) is 0 Å². The van der Waals surface area contributed by atoms with Crippen LogP contribution in [-0.2, 0) is 14.3 Å². The van der Waals surface area contributed by atoms with Crippen molar-refractivity contribution in [1.29, 1.82) is 0 Å². The molecular weight excluding hydrogens is 182 g/mol. The van der Waals surface area contributed by atoms with Gasteiger partial charge >= 0.3 is 5.97 Å². The Morgan fingerprint density at radius 1 is 1.75 bits per heavy atom. The SMILES string of the molecule is CCOC(=O)C1COCCN1.Cl. The quantitative estimate of drug-likeness (QED) is 0.629. The molecule has 0 radical (unpaired) electrons. The van der Waals surface area contributed by atoms with Crippen molar-refractivity contribution < 1.29 is 14.3 Å². The van der Waals surface area contributed by atoms with E-state index in [0.29, 0.717) is 19.8 Å². The summed E-state index contributed by atoms with van der Waals surface area (Å²) in [6, 6.07) is -0.260. The van der Waals surface area contributed by atoms with Crippen LogP contribution < -0.4 is 5.32 Å². The maximum atomic E-state index is 11.0. The number of ether oxygens (including phenoxy) is 2. The number of carbonyl (C=O) groups excluding carboxylic acids is 1. The van der Waals surface area contributed by atoms with Crippen LogP contribution in [0.3, 0.4) is 0 Å². The van der Waals surface area contributed by atoms with Crippen LogP contribution in [0.25, 0.3) is 0 Å². The fourth-order valence-electron chi connectivity index (χ4n) is 0.960. The standard InChI is InChI=1S/C7H13NO3.ClH/c1-2-11-7(9)6-5-10-4-3-8-6;/h6,8H,2-5H2,1H3;1H. The van der Waals surface area contributed by atoms with Gasteiger partial charge in [0.05, 0.1) is 19.8 Å². The smallest absolute Gasteiger partial charge is 0.325 e. The monoisotopic (exact) mass is 195 g/mol. The first-order chi connectivity index (χ1) is 5.34. The summed E-state index contributed by atoms with van der Waals surface area (Å²) in [6.45, 7) is 4.05. The topological polar surface area (TPSA) is 47.6 Å². The molecule has 4 nitrogen and oxygen atoms in total. The Hall–Kier alpha value is -0.320. The molecule has 72 valence electrons. The molecule has 1 aliphatic rings. The summed E-state index contributed by atoms with van der Waals surface area (Å²) in [5.74, 6) is -0.216. The van der Waals surface area contributed by atoms with Crippen LogP contribution in [0.1, 0.15) is 6.92 Å². The maximum absolute atomic E-state index is 11.0. The Kier molecular flexibility index (Phi) is 6.06. The van der Waals surface area contributed by atoms with E-state index >= 15 is 0 Å². The summed E-state index contributed by atoms with van der Waals surface area (Å²) in [7, 11) is 0. The highest BCUT2D eigenvalue weighted by Gasteiger charge is 2.21. The van der Waals surface area contributed by atoms with E-state index in [1.54, 1.807) is 6.92 Å². The van der Waals surface area contributed by atoms with Crippen LogP contribution in [0.4, 0.5) is 0 Å². The minimum absolute atomic E-state index is 0. The van der Waals surface area contributed by atoms with Crippen LogP contribution in [0, 0.1) is 0 Å². The van der Waals surface area contributed by atoms with Crippen LogP contribution in [0.15, 0.2) is 0 Å². The van der Waals surface area contributed by atoms with E-state index in [0.717, 1.165) is 6.54 Å². The average Bonchev–Trinajstić information content (AvgIpc) is 2.07. The lowest BCUT2D eigenvalue weighted by atomic mass is 10.3. The zero-order valence-corrected chi connectivity index (χ0v) is 7.86. The molecule has 0 aromatic heterocycles. The summed E-state index contributed by atoms with van der Waals surface area (Å²) in [5, 5.41) is 3.00. The molecule has 1 rings (SSSR count). The third kappa shape index (κ3) is 3.38. The number of hydrogen-bond acceptors (Lipinski definition) is 4. The van der Waals surface area contributed by atoms with E-state index in [4.69, 9.17) is 9.47 Å². The minimum atomic E-state index is -0.260. The van der Waals surface area contributed by atoms with Crippen LogP contribution in [0.5, 0.6) is 0 Å². The summed E-state index contributed by atoms with van der Waals surface area (Å²) in [4.78, 5) is 11.0. The second-order valence-corrected chi connectivity index (χ2v) is 2.33. The third-order valence-electron chi connectivity index (χ3n) is 1.49. The normalized spacial score (nSPS) is 22.6. The van der Waals surface area contributed by atoms with Gasteiger partial charge in [0.25, 0.3) is 0 Å². The number of esters is 1. The summed E-state index contributed by atoms with van der Waals surface area (Å²) >= 11 is 0. The van der Waals surface area contributed by atoms with E-state index in [1.807, 2.05) is 0 Å². The Morgan fingerprint density at radius 2 is 2.50 bits per heavy atom. The third-order valence-corrected chi connectivity index (χ3v) is 1.49. The maximum Gasteiger partial charge on any atom is 0.325 e. The number of carbonyl (C=O) groups is 1. The predicted octanol–water partition coefficient (Wildman–Crippen LogP) is -0.0403. The van der Waals surface area contributed by atoms with Gasteiger partial charge in [0.2, 0.25) is 0 Å². The van der Waals surface area contributed by atoms with Gasteiger partial charge in [-0.05, 0) is 6.92 Å². The van der Waals surface area contributed by atoms with Gasteiger partial charge in [-0.25, -0.2) is 0 Å². The van der Waals surface area contributed by atoms with Crippen LogP contribution in [0.2, 0.25) is 0 Å². The van der Waals surface area contributed by atoms with Gasteiger partial charge in [0.1, 0.15) is 6.04 Å². The van der Waals surface area contributed by atoms with Crippen LogP contribution >= 0.6 is 12.4 Å². The lowest BCUT2D eigenvalue weighted by Crippen LogP contribution is -2.47. The lowest BCUT2D eigenvalue weighted by Gasteiger charge is -2.21. The van der Waals surface area contributed by atoms with Crippen molar-refractivity contribution in [3.63, 3.8) is 0 Å². The van der Waals surface area contributed by atoms with E-state index < -0.39 is 0 Å². The molecule has 1 aliphatic heterocycles. The molecule has 0 aromatic rings. The molecule has 0 aliphatic carbocycles. The summed E-state index contributed by atoms with van der Waals surface area (Å²) in [6.07, 6.45) is 0. The Bertz CT molecular complexity index is 137. The number of hydrogen-bond donors (Lipinski definition) is 1. The van der Waals surface area contributed by atoms with Crippen molar-refractivity contribution in [3.05, 3.63) is 0 Å². The van der Waals surface area contributed by atoms with Gasteiger partial charge in [0, 0.05) is 6.54 Å². The van der Waals surface area contributed by atoms with Crippen molar-refractivity contribution in [2.24, 2.45) is 0 Å². The molecule has 0 spiro atoms. The average molecular weight is 196 g/mol. The number of halogens is 1. The number of nitrogens with one attached hydrogen (secondary N) is 1. The van der Waals surface area contributed by atoms with Gasteiger partial charge in [-0.2, -0.15) is 0 Å². The predicted molar refractivity (Wildman–Crippen MR) is 46.5 cm³/mol. The molecule has 0 amide bonds. The zero-order valence-electron chi connectivity index (χ0n) is 7.04. The second kappa shape index (κ2) is 6.22. The Morgan fingerprint density at radius 3 is 3.00 bits per heavy atom. The number of morpholine rings is 1. The first-order valence-electron chi connectivity index (χ1n) is 3.82. The van der Waals surface area contributed by atoms with E-state index in [1.165, 1.54) is 0 Å². The van der Waals surface area contributed by atoms with Crippen molar-refractivity contribution in [2.45, 2.75) is 13.0 Å². The summed E-state index contributed by atoms with van der Waals surface area (Å²) < 4.78 is 9.89. The largest absolute Gasteiger partial charge is 0.465 e. The van der Waals surface area contributed by atoms with E-state index in [2.05, 4.69) is 5.32 Å². The zero-order chi connectivity index (χ0) is 8.10. The van der Waals surface area contributed by atoms with Crippen molar-refractivity contribution in [3.8, 4) is 0 Å². The Balaban J connectivity index is 0.00000121. The van der Waals surface area contributed by atoms with Crippen molar-refractivity contribution >= 4 is 18.4 Å². The molecule has 1 unspecified atom stereocenters. The number of rotatable bonds is 2. The molecule has 0 bridgehead atoms. The van der Waals surface area contributed by atoms with Crippen molar-refractivity contribution in [1.82, 2.24) is 5.32 Å². The fraction of sp³-hybridized carbons (Fsp3) is 0.857. The van der Waals surface area contributed by atoms with Gasteiger partial charge in [-0.15, -0.1) is 12.4 Å². The molecule has 1 atom stereocenters. The van der Waals surface area contributed by atoms with E-state index in [9.17, 15) is 4.79 Å². The molecule has 0 saturated carbocycles. The van der Waals surface area contributed by atoms with Crippen molar-refractivity contribution in [2.75, 3.05) is 26.4 Å². The van der Waals surface area contributed by atoms with Gasteiger partial charge in [-0.3, -0.25) is 4.79 Å². The van der Waals surface area contributed by atoms with Gasteiger partial charge in [-0.1, -0.05) is 0 Å². The lowest BCUT2D eigenvalue weighted by molar-refractivity contribution is -0.148. The first kappa shape index (κ1) is 11.7. The molecule has 0 aromatic carbocycles. The minimum Gasteiger partial charge on any atom is -0.465 e. The molecule has 1 saturated heterocycles. The second-order valence-electron chi connectivity index (χ2n) is 2.33. The first-order valence-corrected chi connectivity index (χ1v) is 3.82. The van der Waals surface area contributed by atoms with Crippen LogP contribution in [-0.4, -0.2) is 38.4 Å². The fourth-order valence-corrected chi connectivity index (χ4v) is 0.960. The Labute approximate surface area is 78.0 Å². The molecule has 1 fully saturated rings. The molecular formula is C7H14ClNO3. The molecule has 1 heterocycles.